The highest BCUT2D eigenvalue weighted by Gasteiger charge is 2.22. The van der Waals surface area contributed by atoms with Crippen molar-refractivity contribution in [3.05, 3.63) is 23.6 Å². The first-order valence-corrected chi connectivity index (χ1v) is 6.25. The van der Waals surface area contributed by atoms with E-state index in [4.69, 9.17) is 5.11 Å². The Morgan fingerprint density at radius 2 is 2.41 bits per heavy atom. The van der Waals surface area contributed by atoms with Crippen molar-refractivity contribution < 1.29 is 9.50 Å². The van der Waals surface area contributed by atoms with Gasteiger partial charge in [-0.25, -0.2) is 9.37 Å². The van der Waals surface area contributed by atoms with Gasteiger partial charge in [-0.3, -0.25) is 0 Å². The standard InChI is InChI=1S/C13H19FN2O/c1-2-10-4-3-7-16(8-10)13-12(14)11(9-17)5-6-15-13/h5-6,10,17H,2-4,7-9H2,1H3. The molecule has 1 N–H and O–H groups in total. The summed E-state index contributed by atoms with van der Waals surface area (Å²) in [5, 5.41) is 9.05. The van der Waals surface area contributed by atoms with Crippen LogP contribution in [0.5, 0.6) is 0 Å². The fourth-order valence-electron chi connectivity index (χ4n) is 2.40. The van der Waals surface area contributed by atoms with Crippen LogP contribution in [0.15, 0.2) is 12.3 Å². The van der Waals surface area contributed by atoms with Crippen LogP contribution in [0.2, 0.25) is 0 Å². The van der Waals surface area contributed by atoms with Gasteiger partial charge in [0.15, 0.2) is 11.6 Å². The molecule has 17 heavy (non-hydrogen) atoms. The molecule has 1 saturated heterocycles. The number of pyridine rings is 1. The Kier molecular flexibility index (Phi) is 3.94. The Hall–Kier alpha value is -1.16. The van der Waals surface area contributed by atoms with E-state index in [0.29, 0.717) is 17.3 Å². The van der Waals surface area contributed by atoms with Crippen LogP contribution in [0.3, 0.4) is 0 Å². The smallest absolute Gasteiger partial charge is 0.171 e. The van der Waals surface area contributed by atoms with Crippen molar-refractivity contribution in [2.45, 2.75) is 32.8 Å². The number of piperidine rings is 1. The molecular formula is C13H19FN2O. The molecule has 1 aromatic heterocycles. The second kappa shape index (κ2) is 5.45. The molecule has 1 aliphatic rings. The highest BCUT2D eigenvalue weighted by Crippen LogP contribution is 2.26. The summed E-state index contributed by atoms with van der Waals surface area (Å²) in [4.78, 5) is 6.13. The van der Waals surface area contributed by atoms with Gasteiger partial charge in [0.05, 0.1) is 6.61 Å². The normalized spacial score (nSPS) is 20.6. The Labute approximate surface area is 101 Å². The van der Waals surface area contributed by atoms with Gasteiger partial charge in [-0.15, -0.1) is 0 Å². The van der Waals surface area contributed by atoms with Gasteiger partial charge in [0, 0.05) is 24.8 Å². The molecule has 2 rings (SSSR count). The molecule has 0 saturated carbocycles. The van der Waals surface area contributed by atoms with Crippen LogP contribution in [-0.4, -0.2) is 23.2 Å². The molecule has 1 atom stereocenters. The minimum atomic E-state index is -0.369. The van der Waals surface area contributed by atoms with Crippen molar-refractivity contribution in [1.82, 2.24) is 4.98 Å². The van der Waals surface area contributed by atoms with Crippen LogP contribution < -0.4 is 4.90 Å². The second-order valence-corrected chi connectivity index (χ2v) is 4.63. The lowest BCUT2D eigenvalue weighted by Crippen LogP contribution is -2.36. The predicted octanol–water partition coefficient (Wildman–Crippen LogP) is 2.34. The van der Waals surface area contributed by atoms with E-state index in [9.17, 15) is 4.39 Å². The van der Waals surface area contributed by atoms with E-state index in [-0.39, 0.29) is 12.4 Å². The van der Waals surface area contributed by atoms with Gasteiger partial charge in [-0.1, -0.05) is 13.3 Å². The van der Waals surface area contributed by atoms with Crippen LogP contribution in [0.4, 0.5) is 10.2 Å². The first kappa shape index (κ1) is 12.3. The molecule has 0 amide bonds. The molecule has 0 aromatic carbocycles. The maximum atomic E-state index is 14.0. The molecular weight excluding hydrogens is 219 g/mol. The van der Waals surface area contributed by atoms with Crippen molar-refractivity contribution >= 4 is 5.82 Å². The maximum Gasteiger partial charge on any atom is 0.171 e. The van der Waals surface area contributed by atoms with Crippen molar-refractivity contribution in [1.29, 1.82) is 0 Å². The summed E-state index contributed by atoms with van der Waals surface area (Å²) in [6.07, 6.45) is 4.99. The largest absolute Gasteiger partial charge is 0.392 e. The summed E-state index contributed by atoms with van der Waals surface area (Å²) in [7, 11) is 0. The monoisotopic (exact) mass is 238 g/mol. The molecule has 1 unspecified atom stereocenters. The van der Waals surface area contributed by atoms with E-state index in [1.807, 2.05) is 4.90 Å². The van der Waals surface area contributed by atoms with Gasteiger partial charge in [0.2, 0.25) is 0 Å². The van der Waals surface area contributed by atoms with Crippen molar-refractivity contribution in [2.75, 3.05) is 18.0 Å². The van der Waals surface area contributed by atoms with Gasteiger partial charge in [-0.2, -0.15) is 0 Å². The van der Waals surface area contributed by atoms with Gasteiger partial charge in [-0.05, 0) is 24.8 Å². The molecule has 1 aliphatic heterocycles. The zero-order valence-electron chi connectivity index (χ0n) is 10.2. The van der Waals surface area contributed by atoms with Gasteiger partial charge in [0.1, 0.15) is 0 Å². The zero-order valence-corrected chi connectivity index (χ0v) is 10.2. The minimum absolute atomic E-state index is 0.271. The predicted molar refractivity (Wildman–Crippen MR) is 65.3 cm³/mol. The van der Waals surface area contributed by atoms with Gasteiger partial charge in [0.25, 0.3) is 0 Å². The van der Waals surface area contributed by atoms with E-state index >= 15 is 0 Å². The SMILES string of the molecule is CCC1CCCN(c2nccc(CO)c2F)C1. The average Bonchev–Trinajstić information content (AvgIpc) is 2.39. The molecule has 1 aromatic rings. The summed E-state index contributed by atoms with van der Waals surface area (Å²) in [5.41, 5.74) is 0.327. The van der Waals surface area contributed by atoms with Crippen molar-refractivity contribution in [3.8, 4) is 0 Å². The van der Waals surface area contributed by atoms with Crippen LogP contribution in [0.25, 0.3) is 0 Å². The number of nitrogens with zero attached hydrogens (tertiary/aromatic N) is 2. The van der Waals surface area contributed by atoms with E-state index < -0.39 is 0 Å². The summed E-state index contributed by atoms with van der Waals surface area (Å²) < 4.78 is 14.0. The molecule has 4 heteroatoms. The van der Waals surface area contributed by atoms with Gasteiger partial charge >= 0.3 is 0 Å². The highest BCUT2D eigenvalue weighted by molar-refractivity contribution is 5.43. The third kappa shape index (κ3) is 2.57. The van der Waals surface area contributed by atoms with E-state index in [1.54, 1.807) is 6.20 Å². The number of hydrogen-bond donors (Lipinski definition) is 1. The summed E-state index contributed by atoms with van der Waals surface area (Å²) in [6.45, 7) is 3.62. The maximum absolute atomic E-state index is 14.0. The number of rotatable bonds is 3. The third-order valence-corrected chi connectivity index (χ3v) is 3.52. The number of halogens is 1. The zero-order chi connectivity index (χ0) is 12.3. The first-order chi connectivity index (χ1) is 8.26. The number of aliphatic hydroxyl groups is 1. The number of aromatic nitrogens is 1. The molecule has 94 valence electrons. The summed E-state index contributed by atoms with van der Waals surface area (Å²) in [6, 6.07) is 1.53. The molecule has 0 aliphatic carbocycles. The Morgan fingerprint density at radius 1 is 1.59 bits per heavy atom. The van der Waals surface area contributed by atoms with Crippen LogP contribution in [-0.2, 0) is 6.61 Å². The minimum Gasteiger partial charge on any atom is -0.392 e. The van der Waals surface area contributed by atoms with Crippen LogP contribution in [0.1, 0.15) is 31.7 Å². The Balaban J connectivity index is 2.21. The lowest BCUT2D eigenvalue weighted by molar-refractivity contribution is 0.275. The van der Waals surface area contributed by atoms with E-state index in [2.05, 4.69) is 11.9 Å². The second-order valence-electron chi connectivity index (χ2n) is 4.63. The quantitative estimate of drug-likeness (QED) is 0.878. The lowest BCUT2D eigenvalue weighted by atomic mass is 9.95. The summed E-state index contributed by atoms with van der Waals surface area (Å²) in [5.74, 6) is 0.657. The fraction of sp³-hybridized carbons (Fsp3) is 0.615. The summed E-state index contributed by atoms with van der Waals surface area (Å²) >= 11 is 0. The highest BCUT2D eigenvalue weighted by atomic mass is 19.1. The third-order valence-electron chi connectivity index (χ3n) is 3.52. The van der Waals surface area contributed by atoms with E-state index in [1.165, 1.54) is 12.5 Å². The van der Waals surface area contributed by atoms with Crippen molar-refractivity contribution in [2.24, 2.45) is 5.92 Å². The van der Waals surface area contributed by atoms with Crippen molar-refractivity contribution in [3.63, 3.8) is 0 Å². The lowest BCUT2D eigenvalue weighted by Gasteiger charge is -2.33. The topological polar surface area (TPSA) is 36.4 Å². The number of aliphatic hydroxyl groups excluding tert-OH is 1. The first-order valence-electron chi connectivity index (χ1n) is 6.25. The molecule has 1 fully saturated rings. The van der Waals surface area contributed by atoms with Gasteiger partial charge < -0.3 is 10.0 Å². The number of hydrogen-bond acceptors (Lipinski definition) is 3. The Morgan fingerprint density at radius 3 is 3.12 bits per heavy atom. The fourth-order valence-corrected chi connectivity index (χ4v) is 2.40. The average molecular weight is 238 g/mol. The van der Waals surface area contributed by atoms with Crippen LogP contribution >= 0.6 is 0 Å². The molecule has 0 spiro atoms. The molecule has 2 heterocycles. The van der Waals surface area contributed by atoms with Crippen LogP contribution in [0, 0.1) is 11.7 Å². The molecule has 3 nitrogen and oxygen atoms in total. The molecule has 0 radical (unpaired) electrons. The number of anilines is 1. The Bertz CT molecular complexity index is 384. The van der Waals surface area contributed by atoms with E-state index in [0.717, 1.165) is 25.9 Å². The molecule has 0 bridgehead atoms.